The first-order valence-electron chi connectivity index (χ1n) is 10.7. The van der Waals surface area contributed by atoms with E-state index in [0.717, 1.165) is 0 Å². The number of oxazole rings is 1. The number of benzene rings is 2. The van der Waals surface area contributed by atoms with Crippen LogP contribution in [-0.4, -0.2) is 50.4 Å². The molecule has 1 aliphatic rings. The van der Waals surface area contributed by atoms with Gasteiger partial charge in [-0.1, -0.05) is 23.7 Å². The number of thiophene rings is 1. The number of anilines is 1. The summed E-state index contributed by atoms with van der Waals surface area (Å²) in [6, 6.07) is 15.0. The Morgan fingerprint density at radius 3 is 2.43 bits per heavy atom. The number of carbonyl (C=O) groups is 1. The number of aromatic nitrogens is 1. The minimum atomic E-state index is -4.01. The lowest BCUT2D eigenvalue weighted by molar-refractivity contribution is 0.0744. The van der Waals surface area contributed by atoms with E-state index in [2.05, 4.69) is 4.98 Å². The summed E-state index contributed by atoms with van der Waals surface area (Å²) in [6.45, 7) is 1.27. The van der Waals surface area contributed by atoms with Crippen LogP contribution < -0.4 is 4.90 Å². The van der Waals surface area contributed by atoms with Gasteiger partial charge in [0.2, 0.25) is 26.6 Å². The molecule has 2 aromatic carbocycles. The van der Waals surface area contributed by atoms with Crippen molar-refractivity contribution in [3.63, 3.8) is 0 Å². The second-order valence-corrected chi connectivity index (χ2v) is 11.1. The smallest absolute Gasteiger partial charge is 0.254 e. The molecule has 0 saturated carbocycles. The molecule has 180 valence electrons. The molecule has 1 amide bonds. The first kappa shape index (κ1) is 23.5. The summed E-state index contributed by atoms with van der Waals surface area (Å²) >= 11 is 7.32. The van der Waals surface area contributed by atoms with E-state index in [1.807, 2.05) is 11.4 Å². The molecule has 1 aliphatic heterocycles. The Bertz CT molecular complexity index is 1460. The lowest BCUT2D eigenvalue weighted by Crippen LogP contribution is -2.49. The van der Waals surface area contributed by atoms with Crippen LogP contribution >= 0.6 is 22.9 Å². The minimum Gasteiger partial charge on any atom is -0.418 e. The van der Waals surface area contributed by atoms with E-state index < -0.39 is 15.7 Å². The van der Waals surface area contributed by atoms with E-state index in [1.54, 1.807) is 21.9 Å². The van der Waals surface area contributed by atoms with Crippen molar-refractivity contribution < 1.29 is 22.0 Å². The maximum Gasteiger partial charge on any atom is 0.254 e. The van der Waals surface area contributed by atoms with Crippen LogP contribution in [-0.2, 0) is 9.84 Å². The number of piperazine rings is 1. The van der Waals surface area contributed by atoms with E-state index >= 15 is 0 Å². The molecule has 11 heteroatoms. The highest BCUT2D eigenvalue weighted by Crippen LogP contribution is 2.36. The topological polar surface area (TPSA) is 83.7 Å². The molecule has 0 unspecified atom stereocenters. The molecule has 0 N–H and O–H groups in total. The van der Waals surface area contributed by atoms with Crippen LogP contribution in [0.1, 0.15) is 10.4 Å². The largest absolute Gasteiger partial charge is 0.418 e. The third-order valence-electron chi connectivity index (χ3n) is 5.62. The standard InChI is InChI=1S/C24H19ClFN3O4S2/c25-17-6-8-19(9-7-17)35(31,32)22-24(33-21(27-22)20-5-2-14-34-20)29-12-10-28(11-13-29)23(30)16-3-1-4-18(26)15-16/h1-9,14-15H,10-13H2. The summed E-state index contributed by atoms with van der Waals surface area (Å²) in [5.74, 6) is -0.425. The maximum absolute atomic E-state index is 13.6. The minimum absolute atomic E-state index is 0.0501. The summed E-state index contributed by atoms with van der Waals surface area (Å²) in [6.07, 6.45) is 0. The van der Waals surface area contributed by atoms with E-state index in [9.17, 15) is 17.6 Å². The van der Waals surface area contributed by atoms with E-state index in [4.69, 9.17) is 16.0 Å². The van der Waals surface area contributed by atoms with Crippen molar-refractivity contribution in [1.29, 1.82) is 0 Å². The third-order valence-corrected chi connectivity index (χ3v) is 8.39. The predicted octanol–water partition coefficient (Wildman–Crippen LogP) is 4.99. The molecule has 0 atom stereocenters. The zero-order valence-corrected chi connectivity index (χ0v) is 20.6. The van der Waals surface area contributed by atoms with Gasteiger partial charge < -0.3 is 14.2 Å². The number of nitrogens with zero attached hydrogens (tertiary/aromatic N) is 3. The van der Waals surface area contributed by atoms with Gasteiger partial charge in [-0.05, 0) is 53.9 Å². The average Bonchev–Trinajstić information content (AvgIpc) is 3.55. The molecule has 0 aliphatic carbocycles. The van der Waals surface area contributed by atoms with Crippen molar-refractivity contribution in [2.75, 3.05) is 31.1 Å². The molecule has 0 bridgehead atoms. The molecule has 35 heavy (non-hydrogen) atoms. The van der Waals surface area contributed by atoms with Crippen molar-refractivity contribution in [2.45, 2.75) is 9.92 Å². The Hall–Kier alpha value is -3.21. The quantitative estimate of drug-likeness (QED) is 0.361. The van der Waals surface area contributed by atoms with Crippen LogP contribution in [0.5, 0.6) is 0 Å². The van der Waals surface area contributed by atoms with Gasteiger partial charge in [-0.3, -0.25) is 4.79 Å². The fourth-order valence-electron chi connectivity index (χ4n) is 3.82. The van der Waals surface area contributed by atoms with E-state index in [0.29, 0.717) is 36.1 Å². The molecule has 2 aromatic heterocycles. The number of hydrogen-bond donors (Lipinski definition) is 0. The van der Waals surface area contributed by atoms with E-state index in [1.165, 1.54) is 53.8 Å². The van der Waals surface area contributed by atoms with Gasteiger partial charge in [0.25, 0.3) is 5.91 Å². The summed E-state index contributed by atoms with van der Waals surface area (Å²) < 4.78 is 46.5. The zero-order chi connectivity index (χ0) is 24.6. The number of halogens is 2. The second kappa shape index (κ2) is 9.44. The highest BCUT2D eigenvalue weighted by atomic mass is 35.5. The fourth-order valence-corrected chi connectivity index (χ4v) is 5.92. The SMILES string of the molecule is O=C(c1cccc(F)c1)N1CCN(c2oc(-c3cccs3)nc2S(=O)(=O)c2ccc(Cl)cc2)CC1. The van der Waals surface area contributed by atoms with Gasteiger partial charge in [0.15, 0.2) is 0 Å². The van der Waals surface area contributed by atoms with Crippen molar-refractivity contribution in [3.05, 3.63) is 82.4 Å². The maximum atomic E-state index is 13.6. The Morgan fingerprint density at radius 1 is 1.03 bits per heavy atom. The Labute approximate surface area is 210 Å². The molecule has 4 aromatic rings. The van der Waals surface area contributed by atoms with Crippen LogP contribution in [0, 0.1) is 5.82 Å². The zero-order valence-electron chi connectivity index (χ0n) is 18.2. The van der Waals surface area contributed by atoms with Crippen molar-refractivity contribution >= 4 is 44.6 Å². The van der Waals surface area contributed by atoms with Gasteiger partial charge in [0, 0.05) is 36.8 Å². The normalized spacial score (nSPS) is 14.3. The van der Waals surface area contributed by atoms with Gasteiger partial charge in [-0.25, -0.2) is 12.8 Å². The average molecular weight is 532 g/mol. The van der Waals surface area contributed by atoms with Crippen LogP contribution in [0.2, 0.25) is 5.02 Å². The highest BCUT2D eigenvalue weighted by Gasteiger charge is 2.33. The number of amides is 1. The number of carbonyl (C=O) groups excluding carboxylic acids is 1. The van der Waals surface area contributed by atoms with Crippen LogP contribution in [0.4, 0.5) is 10.3 Å². The second-order valence-electron chi connectivity index (χ2n) is 7.85. The van der Waals surface area contributed by atoms with Crippen LogP contribution in [0.25, 0.3) is 10.8 Å². The van der Waals surface area contributed by atoms with Crippen LogP contribution in [0.15, 0.2) is 80.4 Å². The molecule has 1 saturated heterocycles. The fraction of sp³-hybridized carbons (Fsp3) is 0.167. The first-order valence-corrected chi connectivity index (χ1v) is 13.4. The number of hydrogen-bond acceptors (Lipinski definition) is 7. The number of rotatable bonds is 5. The van der Waals surface area contributed by atoms with E-state index in [-0.39, 0.29) is 33.2 Å². The monoisotopic (exact) mass is 531 g/mol. The molecule has 1 fully saturated rings. The molecular formula is C24H19ClFN3O4S2. The van der Waals surface area contributed by atoms with Gasteiger partial charge >= 0.3 is 0 Å². The number of sulfone groups is 1. The molecular weight excluding hydrogens is 513 g/mol. The Balaban J connectivity index is 1.44. The lowest BCUT2D eigenvalue weighted by Gasteiger charge is -2.34. The van der Waals surface area contributed by atoms with Crippen molar-refractivity contribution in [1.82, 2.24) is 9.88 Å². The predicted molar refractivity (Wildman–Crippen MR) is 131 cm³/mol. The molecule has 7 nitrogen and oxygen atoms in total. The highest BCUT2D eigenvalue weighted by molar-refractivity contribution is 7.91. The Kier molecular flexibility index (Phi) is 6.35. The van der Waals surface area contributed by atoms with Crippen molar-refractivity contribution in [3.8, 4) is 10.8 Å². The molecule has 0 spiro atoms. The summed E-state index contributed by atoms with van der Waals surface area (Å²) in [5, 5.41) is 2.08. The van der Waals surface area contributed by atoms with Gasteiger partial charge in [-0.2, -0.15) is 4.98 Å². The summed E-state index contributed by atoms with van der Waals surface area (Å²) in [7, 11) is -4.01. The molecule has 5 rings (SSSR count). The Morgan fingerprint density at radius 2 is 1.77 bits per heavy atom. The lowest BCUT2D eigenvalue weighted by atomic mass is 10.2. The molecule has 0 radical (unpaired) electrons. The van der Waals surface area contributed by atoms with Crippen LogP contribution in [0.3, 0.4) is 0 Å². The van der Waals surface area contributed by atoms with Gasteiger partial charge in [0.1, 0.15) is 5.82 Å². The van der Waals surface area contributed by atoms with Crippen molar-refractivity contribution in [2.24, 2.45) is 0 Å². The molecule has 3 heterocycles. The van der Waals surface area contributed by atoms with Gasteiger partial charge in [-0.15, -0.1) is 11.3 Å². The summed E-state index contributed by atoms with van der Waals surface area (Å²) in [4.78, 5) is 21.3. The first-order chi connectivity index (χ1) is 16.8. The summed E-state index contributed by atoms with van der Waals surface area (Å²) in [5.41, 5.74) is 0.268. The van der Waals surface area contributed by atoms with Gasteiger partial charge in [0.05, 0.1) is 9.77 Å². The third kappa shape index (κ3) is 4.69.